The Balaban J connectivity index is 1.65. The lowest BCUT2D eigenvalue weighted by Crippen LogP contribution is -2.50. The van der Waals surface area contributed by atoms with E-state index in [1.54, 1.807) is 15.9 Å². The van der Waals surface area contributed by atoms with Gasteiger partial charge in [0.2, 0.25) is 0 Å². The Bertz CT molecular complexity index is 767. The number of piperazine rings is 1. The third kappa shape index (κ3) is 3.30. The van der Waals surface area contributed by atoms with E-state index in [9.17, 15) is 14.0 Å². The molecular weight excluding hydrogens is 307 g/mol. The Labute approximate surface area is 140 Å². The molecule has 0 N–H and O–H groups in total. The van der Waals surface area contributed by atoms with Gasteiger partial charge < -0.3 is 9.80 Å². The Morgan fingerprint density at radius 2 is 1.50 bits per heavy atom. The van der Waals surface area contributed by atoms with Gasteiger partial charge in [0.15, 0.2) is 0 Å². The van der Waals surface area contributed by atoms with Crippen LogP contribution in [0.5, 0.6) is 0 Å². The van der Waals surface area contributed by atoms with Crippen molar-refractivity contribution in [3.05, 3.63) is 71.0 Å². The third-order valence-electron chi connectivity index (χ3n) is 4.30. The van der Waals surface area contributed by atoms with Crippen molar-refractivity contribution in [1.29, 1.82) is 0 Å². The summed E-state index contributed by atoms with van der Waals surface area (Å²) >= 11 is 0. The van der Waals surface area contributed by atoms with Gasteiger partial charge in [0.25, 0.3) is 11.8 Å². The van der Waals surface area contributed by atoms with Crippen molar-refractivity contribution in [2.24, 2.45) is 0 Å². The Morgan fingerprint density at radius 3 is 2.12 bits per heavy atom. The molecule has 1 saturated heterocycles. The first-order valence-electron chi connectivity index (χ1n) is 7.96. The quantitative estimate of drug-likeness (QED) is 0.851. The van der Waals surface area contributed by atoms with Crippen molar-refractivity contribution in [2.45, 2.75) is 6.92 Å². The molecule has 24 heavy (non-hydrogen) atoms. The second kappa shape index (κ2) is 6.83. The standard InChI is InChI=1S/C19H19FN2O2/c1-14-5-2-3-8-17(14)19(24)22-11-9-21(10-12-22)18(23)15-6-4-7-16(20)13-15/h2-8,13H,9-12H2,1H3. The molecule has 0 spiro atoms. The summed E-state index contributed by atoms with van der Waals surface area (Å²) in [7, 11) is 0. The maximum absolute atomic E-state index is 13.3. The van der Waals surface area contributed by atoms with Crippen molar-refractivity contribution in [3.63, 3.8) is 0 Å². The molecule has 0 aliphatic carbocycles. The van der Waals surface area contributed by atoms with Crippen LogP contribution in [0.15, 0.2) is 48.5 Å². The number of rotatable bonds is 2. The van der Waals surface area contributed by atoms with Crippen molar-refractivity contribution in [1.82, 2.24) is 9.80 Å². The Morgan fingerprint density at radius 1 is 0.875 bits per heavy atom. The van der Waals surface area contributed by atoms with E-state index in [0.717, 1.165) is 5.56 Å². The highest BCUT2D eigenvalue weighted by Gasteiger charge is 2.26. The van der Waals surface area contributed by atoms with Crippen LogP contribution in [-0.2, 0) is 0 Å². The lowest BCUT2D eigenvalue weighted by molar-refractivity contribution is 0.0535. The maximum Gasteiger partial charge on any atom is 0.254 e. The van der Waals surface area contributed by atoms with Gasteiger partial charge in [-0.2, -0.15) is 0 Å². The molecule has 1 aliphatic rings. The van der Waals surface area contributed by atoms with E-state index in [1.165, 1.54) is 18.2 Å². The number of amides is 2. The zero-order chi connectivity index (χ0) is 17.1. The SMILES string of the molecule is Cc1ccccc1C(=O)N1CCN(C(=O)c2cccc(F)c2)CC1. The zero-order valence-corrected chi connectivity index (χ0v) is 13.5. The molecule has 124 valence electrons. The van der Waals surface area contributed by atoms with Crippen molar-refractivity contribution >= 4 is 11.8 Å². The summed E-state index contributed by atoms with van der Waals surface area (Å²) in [4.78, 5) is 28.4. The topological polar surface area (TPSA) is 40.6 Å². The van der Waals surface area contributed by atoms with Crippen LogP contribution in [0.4, 0.5) is 4.39 Å². The van der Waals surface area contributed by atoms with Crippen LogP contribution in [0.3, 0.4) is 0 Å². The van der Waals surface area contributed by atoms with E-state index in [0.29, 0.717) is 37.3 Å². The molecule has 1 aliphatic heterocycles. The minimum Gasteiger partial charge on any atom is -0.335 e. The summed E-state index contributed by atoms with van der Waals surface area (Å²) in [5, 5.41) is 0. The summed E-state index contributed by atoms with van der Waals surface area (Å²) in [5.74, 6) is -0.627. The van der Waals surface area contributed by atoms with Gasteiger partial charge in [-0.1, -0.05) is 24.3 Å². The van der Waals surface area contributed by atoms with Gasteiger partial charge in [0.05, 0.1) is 0 Å². The monoisotopic (exact) mass is 326 g/mol. The van der Waals surface area contributed by atoms with Crippen LogP contribution in [0.2, 0.25) is 0 Å². The van der Waals surface area contributed by atoms with Gasteiger partial charge in [0, 0.05) is 37.3 Å². The number of hydrogen-bond donors (Lipinski definition) is 0. The largest absolute Gasteiger partial charge is 0.335 e. The first-order chi connectivity index (χ1) is 11.6. The number of carbonyl (C=O) groups excluding carboxylic acids is 2. The lowest BCUT2D eigenvalue weighted by atomic mass is 10.1. The number of carbonyl (C=O) groups is 2. The third-order valence-corrected chi connectivity index (χ3v) is 4.30. The first kappa shape index (κ1) is 16.2. The molecule has 0 aromatic heterocycles. The second-order valence-electron chi connectivity index (χ2n) is 5.91. The predicted molar refractivity (Wildman–Crippen MR) is 89.4 cm³/mol. The van der Waals surface area contributed by atoms with Crippen LogP contribution >= 0.6 is 0 Å². The average Bonchev–Trinajstić information content (AvgIpc) is 2.61. The molecular formula is C19H19FN2O2. The van der Waals surface area contributed by atoms with E-state index in [1.807, 2.05) is 31.2 Å². The number of hydrogen-bond acceptors (Lipinski definition) is 2. The van der Waals surface area contributed by atoms with Gasteiger partial charge in [-0.15, -0.1) is 0 Å². The fourth-order valence-electron chi connectivity index (χ4n) is 2.90. The Hall–Kier alpha value is -2.69. The van der Waals surface area contributed by atoms with E-state index < -0.39 is 5.82 Å². The number of halogens is 1. The zero-order valence-electron chi connectivity index (χ0n) is 13.5. The molecule has 5 heteroatoms. The van der Waals surface area contributed by atoms with Gasteiger partial charge in [0.1, 0.15) is 5.82 Å². The van der Waals surface area contributed by atoms with Crippen LogP contribution in [0.1, 0.15) is 26.3 Å². The second-order valence-corrected chi connectivity index (χ2v) is 5.91. The predicted octanol–water partition coefficient (Wildman–Crippen LogP) is 2.73. The highest BCUT2D eigenvalue weighted by molar-refractivity contribution is 5.96. The van der Waals surface area contributed by atoms with E-state index in [4.69, 9.17) is 0 Å². The van der Waals surface area contributed by atoms with Crippen LogP contribution in [0.25, 0.3) is 0 Å². The highest BCUT2D eigenvalue weighted by atomic mass is 19.1. The number of benzene rings is 2. The van der Waals surface area contributed by atoms with Crippen molar-refractivity contribution < 1.29 is 14.0 Å². The fourth-order valence-corrected chi connectivity index (χ4v) is 2.90. The molecule has 2 amide bonds. The van der Waals surface area contributed by atoms with Gasteiger partial charge in [-0.05, 0) is 36.8 Å². The maximum atomic E-state index is 13.3. The fraction of sp³-hybridized carbons (Fsp3) is 0.263. The molecule has 0 saturated carbocycles. The van der Waals surface area contributed by atoms with Crippen molar-refractivity contribution in [2.75, 3.05) is 26.2 Å². The molecule has 1 fully saturated rings. The molecule has 2 aromatic carbocycles. The summed E-state index contributed by atoms with van der Waals surface area (Å²) in [6.45, 7) is 3.78. The molecule has 1 heterocycles. The molecule has 0 radical (unpaired) electrons. The van der Waals surface area contributed by atoms with Crippen LogP contribution in [0, 0.1) is 12.7 Å². The molecule has 0 unspecified atom stereocenters. The summed E-state index contributed by atoms with van der Waals surface area (Å²) in [6, 6.07) is 13.2. The molecule has 3 rings (SSSR count). The highest BCUT2D eigenvalue weighted by Crippen LogP contribution is 2.14. The summed E-state index contributed by atoms with van der Waals surface area (Å²) < 4.78 is 13.3. The first-order valence-corrected chi connectivity index (χ1v) is 7.96. The molecule has 0 bridgehead atoms. The smallest absolute Gasteiger partial charge is 0.254 e. The molecule has 0 atom stereocenters. The lowest BCUT2D eigenvalue weighted by Gasteiger charge is -2.35. The van der Waals surface area contributed by atoms with Gasteiger partial charge in [-0.25, -0.2) is 4.39 Å². The number of nitrogens with zero attached hydrogens (tertiary/aromatic N) is 2. The van der Waals surface area contributed by atoms with Gasteiger partial charge in [-0.3, -0.25) is 9.59 Å². The summed E-state index contributed by atoms with van der Waals surface area (Å²) in [5.41, 5.74) is 1.98. The van der Waals surface area contributed by atoms with E-state index in [-0.39, 0.29) is 11.8 Å². The van der Waals surface area contributed by atoms with Crippen LogP contribution < -0.4 is 0 Å². The van der Waals surface area contributed by atoms with Gasteiger partial charge >= 0.3 is 0 Å². The van der Waals surface area contributed by atoms with E-state index in [2.05, 4.69) is 0 Å². The minimum absolute atomic E-state index is 0.00838. The minimum atomic E-state index is -0.422. The Kier molecular flexibility index (Phi) is 4.60. The molecule has 2 aromatic rings. The van der Waals surface area contributed by atoms with E-state index >= 15 is 0 Å². The van der Waals surface area contributed by atoms with Crippen LogP contribution in [-0.4, -0.2) is 47.8 Å². The number of aryl methyl sites for hydroxylation is 1. The van der Waals surface area contributed by atoms with Crippen molar-refractivity contribution in [3.8, 4) is 0 Å². The normalized spacial score (nSPS) is 14.6. The summed E-state index contributed by atoms with van der Waals surface area (Å²) in [6.07, 6.45) is 0. The molecule has 4 nitrogen and oxygen atoms in total. The average molecular weight is 326 g/mol.